The lowest BCUT2D eigenvalue weighted by atomic mass is 9.99. The number of carboxylic acids is 1. The number of amides is 8. The van der Waals surface area contributed by atoms with Gasteiger partial charge < -0.3 is 64.0 Å². The Morgan fingerprint density at radius 2 is 1.03 bits per heavy atom. The fourth-order valence-corrected chi connectivity index (χ4v) is 6.85. The van der Waals surface area contributed by atoms with E-state index in [1.54, 1.807) is 58.0 Å². The van der Waals surface area contributed by atoms with E-state index in [2.05, 4.69) is 37.2 Å². The van der Waals surface area contributed by atoms with Gasteiger partial charge in [-0.25, -0.2) is 8.78 Å². The zero-order valence-electron chi connectivity index (χ0n) is 39.2. The third-order valence-electron chi connectivity index (χ3n) is 10.8. The van der Waals surface area contributed by atoms with Gasteiger partial charge >= 0.3 is 5.97 Å². The molecule has 0 saturated carbocycles. The molecule has 70 heavy (non-hydrogen) atoms. The molecule has 0 aromatic heterocycles. The SMILES string of the molecule is CC(C)[C@H](NC(=O)[C@H](CCC(=O)O)NC(=O)[C@H](Cc1ccccc1)NC(=O)[C@@H](C)NC(=O)[C@H](Cc1ccc(O)cc1)NC(=O)[C@@H](N)Cc1c(F)cc(O)cc1F)C(=O)N[C@H](C(=O)NCC(N)=O)C(C)C. The normalized spacial score (nSPS) is 14.1. The fraction of sp³-hybridized carbons (Fsp3) is 0.426. The summed E-state index contributed by atoms with van der Waals surface area (Å²) >= 11 is 0. The lowest BCUT2D eigenvalue weighted by Crippen LogP contribution is -2.61. The van der Waals surface area contributed by atoms with Crippen LogP contribution in [0.2, 0.25) is 0 Å². The number of primary amides is 1. The molecule has 380 valence electrons. The number of aromatic hydroxyl groups is 2. The number of carbonyl (C=O) groups is 9. The van der Waals surface area contributed by atoms with Gasteiger partial charge in [0.25, 0.3) is 0 Å². The predicted octanol–water partition coefficient (Wildman–Crippen LogP) is -0.562. The lowest BCUT2D eigenvalue weighted by molar-refractivity contribution is -0.139. The van der Waals surface area contributed by atoms with Gasteiger partial charge in [-0.05, 0) is 48.4 Å². The molecule has 0 aliphatic heterocycles. The van der Waals surface area contributed by atoms with Crippen LogP contribution < -0.4 is 48.7 Å². The summed E-state index contributed by atoms with van der Waals surface area (Å²) in [6.45, 7) is 7.19. The highest BCUT2D eigenvalue weighted by Gasteiger charge is 2.35. The Hall–Kier alpha value is -7.69. The van der Waals surface area contributed by atoms with Crippen LogP contribution >= 0.6 is 0 Å². The molecule has 21 nitrogen and oxygen atoms in total. The second kappa shape index (κ2) is 26.7. The van der Waals surface area contributed by atoms with Crippen molar-refractivity contribution in [2.24, 2.45) is 23.3 Å². The number of halogens is 2. The minimum atomic E-state index is -1.61. The summed E-state index contributed by atoms with van der Waals surface area (Å²) in [6.07, 6.45) is -2.19. The third kappa shape index (κ3) is 18.1. The van der Waals surface area contributed by atoms with Gasteiger partial charge in [-0.15, -0.1) is 0 Å². The van der Waals surface area contributed by atoms with Gasteiger partial charge in [0.2, 0.25) is 47.3 Å². The fourth-order valence-electron chi connectivity index (χ4n) is 6.85. The van der Waals surface area contributed by atoms with Gasteiger partial charge in [-0.1, -0.05) is 70.2 Å². The maximum Gasteiger partial charge on any atom is 0.303 e. The second-order valence-corrected chi connectivity index (χ2v) is 17.2. The van der Waals surface area contributed by atoms with Crippen LogP contribution in [-0.2, 0) is 62.4 Å². The van der Waals surface area contributed by atoms with Crippen molar-refractivity contribution in [2.75, 3.05) is 6.54 Å². The van der Waals surface area contributed by atoms with Gasteiger partial charge in [-0.2, -0.15) is 0 Å². The molecule has 0 aliphatic rings. The van der Waals surface area contributed by atoms with Crippen LogP contribution in [0.15, 0.2) is 66.7 Å². The van der Waals surface area contributed by atoms with E-state index >= 15 is 0 Å². The van der Waals surface area contributed by atoms with Gasteiger partial charge in [0.05, 0.1) is 12.6 Å². The van der Waals surface area contributed by atoms with Crippen LogP contribution in [0.4, 0.5) is 8.78 Å². The maximum absolute atomic E-state index is 14.5. The predicted molar refractivity (Wildman–Crippen MR) is 248 cm³/mol. The number of phenols is 2. The number of phenolic OH excluding ortho intramolecular Hbond substituents is 2. The number of hydrogen-bond donors (Lipinski definition) is 12. The van der Waals surface area contributed by atoms with Crippen molar-refractivity contribution in [3.8, 4) is 11.5 Å². The summed E-state index contributed by atoms with van der Waals surface area (Å²) in [5.41, 5.74) is 11.5. The third-order valence-corrected chi connectivity index (χ3v) is 10.8. The van der Waals surface area contributed by atoms with Crippen LogP contribution in [0.3, 0.4) is 0 Å². The zero-order valence-corrected chi connectivity index (χ0v) is 39.2. The molecule has 8 amide bonds. The molecule has 0 aliphatic carbocycles. The molecular weight excluding hydrogens is 921 g/mol. The molecule has 0 radical (unpaired) electrons. The van der Waals surface area contributed by atoms with E-state index < -0.39 is 156 Å². The van der Waals surface area contributed by atoms with E-state index in [4.69, 9.17) is 11.5 Å². The lowest BCUT2D eigenvalue weighted by Gasteiger charge is -2.29. The Morgan fingerprint density at radius 1 is 0.557 bits per heavy atom. The van der Waals surface area contributed by atoms with Crippen LogP contribution in [0.25, 0.3) is 0 Å². The summed E-state index contributed by atoms with van der Waals surface area (Å²) in [5.74, 6) is -12.8. The number of benzene rings is 3. The smallest absolute Gasteiger partial charge is 0.303 e. The first kappa shape index (κ1) is 56.6. The maximum atomic E-state index is 14.5. The quantitative estimate of drug-likeness (QED) is 0.0481. The first-order chi connectivity index (χ1) is 32.9. The van der Waals surface area contributed by atoms with E-state index in [1.165, 1.54) is 31.2 Å². The number of aliphatic carboxylic acids is 1. The van der Waals surface area contributed by atoms with E-state index in [1.807, 2.05) is 0 Å². The van der Waals surface area contributed by atoms with Gasteiger partial charge in [0.15, 0.2) is 0 Å². The number of rotatable bonds is 26. The van der Waals surface area contributed by atoms with Crippen LogP contribution in [0.5, 0.6) is 11.5 Å². The molecule has 3 aromatic rings. The van der Waals surface area contributed by atoms with E-state index in [-0.39, 0.29) is 18.6 Å². The summed E-state index contributed by atoms with van der Waals surface area (Å²) < 4.78 is 29.0. The van der Waals surface area contributed by atoms with E-state index in [0.29, 0.717) is 23.3 Å². The Balaban J connectivity index is 1.85. The van der Waals surface area contributed by atoms with Crippen molar-refractivity contribution in [1.29, 1.82) is 0 Å². The van der Waals surface area contributed by atoms with Gasteiger partial charge in [0, 0.05) is 43.4 Å². The molecule has 3 aromatic carbocycles. The summed E-state index contributed by atoms with van der Waals surface area (Å²) in [5, 5.41) is 46.1. The number of hydrogen-bond acceptors (Lipinski definition) is 12. The second-order valence-electron chi connectivity index (χ2n) is 17.2. The molecule has 23 heteroatoms. The first-order valence-electron chi connectivity index (χ1n) is 22.2. The van der Waals surface area contributed by atoms with Crippen molar-refractivity contribution in [2.45, 2.75) is 109 Å². The first-order valence-corrected chi connectivity index (χ1v) is 22.2. The van der Waals surface area contributed by atoms with Crippen LogP contribution in [-0.4, -0.2) is 117 Å². The highest BCUT2D eigenvalue weighted by molar-refractivity contribution is 5.98. The Morgan fingerprint density at radius 3 is 1.56 bits per heavy atom. The molecule has 0 bridgehead atoms. The largest absolute Gasteiger partial charge is 0.508 e. The molecule has 0 spiro atoms. The average Bonchev–Trinajstić information content (AvgIpc) is 3.28. The Kier molecular flexibility index (Phi) is 21.6. The van der Waals surface area contributed by atoms with Gasteiger partial charge in [0.1, 0.15) is 59.4 Å². The number of carbonyl (C=O) groups excluding carboxylic acids is 8. The minimum absolute atomic E-state index is 0.105. The molecule has 0 saturated heterocycles. The summed E-state index contributed by atoms with van der Waals surface area (Å²) in [4.78, 5) is 118. The summed E-state index contributed by atoms with van der Waals surface area (Å²) in [7, 11) is 0. The highest BCUT2D eigenvalue weighted by Crippen LogP contribution is 2.21. The number of carboxylic acid groups (broad SMARTS) is 1. The van der Waals surface area contributed by atoms with Crippen LogP contribution in [0, 0.1) is 23.5 Å². The highest BCUT2D eigenvalue weighted by atomic mass is 19.1. The minimum Gasteiger partial charge on any atom is -0.508 e. The average molecular weight is 982 g/mol. The summed E-state index contributed by atoms with van der Waals surface area (Å²) in [6, 6.07) is 5.04. The standard InChI is InChI=1S/C47H61F2N9O12/c1-23(2)39(46(69)52-22-37(51)61)58-47(70)40(24(3)4)57-43(66)34(15-16-38(62)63)54-45(68)36(17-26-9-7-6-8-10-26)55-41(64)25(5)53-44(67)35(18-27-11-13-28(59)14-12-27)56-42(65)33(50)21-30-31(48)19-29(60)20-32(30)49/h6-14,19-20,23-25,33-36,39-40,59-60H,15-18,21-22,50H2,1-5H3,(H2,51,61)(H,52,69)(H,53,67)(H,54,68)(H,55,64)(H,56,65)(H,57,66)(H,58,70)(H,62,63)/t25-,33+,34+,35+,36+,39+,40+/m1/s1. The van der Waals surface area contributed by atoms with Gasteiger partial charge in [-0.3, -0.25) is 43.2 Å². The number of nitrogens with two attached hydrogens (primary N) is 2. The van der Waals surface area contributed by atoms with E-state index in [0.717, 1.165) is 0 Å². The molecule has 0 fully saturated rings. The zero-order chi connectivity index (χ0) is 52.4. The molecule has 0 unspecified atom stereocenters. The molecule has 14 N–H and O–H groups in total. The van der Waals surface area contributed by atoms with E-state index in [9.17, 15) is 67.3 Å². The molecule has 7 atom stereocenters. The Bertz CT molecular complexity index is 2330. The van der Waals surface area contributed by atoms with Crippen LogP contribution in [0.1, 0.15) is 64.2 Å². The topological polar surface area (TPSA) is 351 Å². The van der Waals surface area contributed by atoms with Crippen molar-refractivity contribution >= 4 is 53.2 Å². The molecule has 0 heterocycles. The monoisotopic (exact) mass is 981 g/mol. The van der Waals surface area contributed by atoms with Crippen molar-refractivity contribution in [1.82, 2.24) is 37.2 Å². The number of nitrogens with one attached hydrogen (secondary N) is 7. The molecular formula is C47H61F2N9O12. The van der Waals surface area contributed by atoms with Crippen molar-refractivity contribution < 1.29 is 67.3 Å². The Labute approximate surface area is 402 Å². The van der Waals surface area contributed by atoms with Crippen molar-refractivity contribution in [3.63, 3.8) is 0 Å². The van der Waals surface area contributed by atoms with Crippen molar-refractivity contribution in [3.05, 3.63) is 95.1 Å². The molecule has 3 rings (SSSR count).